The van der Waals surface area contributed by atoms with E-state index >= 15 is 0 Å². The van der Waals surface area contributed by atoms with E-state index in [1.165, 1.54) is 0 Å². The average Bonchev–Trinajstić information content (AvgIpc) is 3.14. The maximum Gasteiger partial charge on any atom is 0.261 e. The number of aromatic amines is 1. The molecule has 1 amide bonds. The normalized spacial score (nSPS) is 14.5. The highest BCUT2D eigenvalue weighted by Gasteiger charge is 2.30. The van der Waals surface area contributed by atoms with E-state index in [1.54, 1.807) is 18.3 Å². The fourth-order valence-electron chi connectivity index (χ4n) is 2.61. The number of halogens is 1. The van der Waals surface area contributed by atoms with E-state index in [-0.39, 0.29) is 5.91 Å². The van der Waals surface area contributed by atoms with Crippen molar-refractivity contribution in [2.24, 2.45) is 7.05 Å². The molecule has 0 radical (unpaired) electrons. The zero-order valence-electron chi connectivity index (χ0n) is 11.9. The van der Waals surface area contributed by atoms with Gasteiger partial charge in [-0.05, 0) is 31.0 Å². The lowest BCUT2D eigenvalue weighted by atomic mass is 10.2. The molecule has 3 aromatic rings. The molecule has 1 aliphatic rings. The van der Waals surface area contributed by atoms with Crippen molar-refractivity contribution in [2.45, 2.75) is 18.8 Å². The maximum absolute atomic E-state index is 12.5. The van der Waals surface area contributed by atoms with E-state index < -0.39 is 0 Å². The van der Waals surface area contributed by atoms with Crippen molar-refractivity contribution in [1.29, 1.82) is 0 Å². The Morgan fingerprint density at radius 2 is 2.27 bits per heavy atom. The van der Waals surface area contributed by atoms with Crippen LogP contribution in [0.4, 0.5) is 5.95 Å². The summed E-state index contributed by atoms with van der Waals surface area (Å²) in [5, 5.41) is 10.4. The number of hydrogen-bond acceptors (Lipinski definition) is 3. The molecule has 1 fully saturated rings. The smallest absolute Gasteiger partial charge is 0.261 e. The number of benzene rings is 1. The molecular formula is C15H14ClN5O. The SMILES string of the molecule is Cn1c(NC(=O)c2cn[nH]c2C2CC2)nc2cc(Cl)ccc21. The van der Waals surface area contributed by atoms with Crippen LogP contribution in [0.2, 0.25) is 5.02 Å². The monoisotopic (exact) mass is 315 g/mol. The van der Waals surface area contributed by atoms with Gasteiger partial charge in [0.2, 0.25) is 5.95 Å². The number of hydrogen-bond donors (Lipinski definition) is 2. The summed E-state index contributed by atoms with van der Waals surface area (Å²) in [6.45, 7) is 0. The Labute approximate surface area is 131 Å². The molecule has 1 saturated carbocycles. The third kappa shape index (κ3) is 2.16. The number of H-pyrrole nitrogens is 1. The second kappa shape index (κ2) is 4.84. The van der Waals surface area contributed by atoms with Gasteiger partial charge in [0.15, 0.2) is 0 Å². The molecule has 0 bridgehead atoms. The molecule has 0 aliphatic heterocycles. The second-order valence-electron chi connectivity index (χ2n) is 5.55. The molecule has 112 valence electrons. The number of fused-ring (bicyclic) bond motifs is 1. The molecule has 4 rings (SSSR count). The zero-order valence-corrected chi connectivity index (χ0v) is 12.7. The Kier molecular flexibility index (Phi) is 2.94. The molecule has 22 heavy (non-hydrogen) atoms. The number of aryl methyl sites for hydroxylation is 1. The van der Waals surface area contributed by atoms with Gasteiger partial charge in [0.1, 0.15) is 0 Å². The molecule has 6 nitrogen and oxygen atoms in total. The van der Waals surface area contributed by atoms with Crippen LogP contribution in [-0.2, 0) is 7.05 Å². The quantitative estimate of drug-likeness (QED) is 0.780. The first-order valence-electron chi connectivity index (χ1n) is 7.10. The number of rotatable bonds is 3. The minimum absolute atomic E-state index is 0.194. The highest BCUT2D eigenvalue weighted by molar-refractivity contribution is 6.31. The van der Waals surface area contributed by atoms with Crippen LogP contribution in [0.5, 0.6) is 0 Å². The summed E-state index contributed by atoms with van der Waals surface area (Å²) in [6, 6.07) is 5.46. The number of imidazole rings is 1. The van der Waals surface area contributed by atoms with Crippen molar-refractivity contribution in [1.82, 2.24) is 19.7 Å². The summed E-state index contributed by atoms with van der Waals surface area (Å²) in [4.78, 5) is 16.9. The molecule has 0 atom stereocenters. The standard InChI is InChI=1S/C15H14ClN5O/c1-21-12-5-4-9(16)6-11(12)18-15(21)19-14(22)10-7-17-20-13(10)8-2-3-8/h4-8H,2-3H2,1H3,(H,17,20)(H,18,19,22). The van der Waals surface area contributed by atoms with Gasteiger partial charge < -0.3 is 4.57 Å². The van der Waals surface area contributed by atoms with Gasteiger partial charge in [-0.25, -0.2) is 4.98 Å². The van der Waals surface area contributed by atoms with Gasteiger partial charge in [-0.3, -0.25) is 15.2 Å². The lowest BCUT2D eigenvalue weighted by Gasteiger charge is -2.05. The molecule has 0 saturated heterocycles. The molecule has 7 heteroatoms. The van der Waals surface area contributed by atoms with E-state index in [0.29, 0.717) is 22.5 Å². The van der Waals surface area contributed by atoms with Crippen LogP contribution >= 0.6 is 11.6 Å². The number of aromatic nitrogens is 4. The van der Waals surface area contributed by atoms with Gasteiger partial charge in [0.05, 0.1) is 28.5 Å². The first-order chi connectivity index (χ1) is 10.6. The molecule has 1 aromatic carbocycles. The van der Waals surface area contributed by atoms with E-state index in [1.807, 2.05) is 17.7 Å². The minimum Gasteiger partial charge on any atom is -0.313 e. The Morgan fingerprint density at radius 3 is 3.05 bits per heavy atom. The zero-order chi connectivity index (χ0) is 15.3. The number of nitrogens with one attached hydrogen (secondary N) is 2. The number of anilines is 1. The van der Waals surface area contributed by atoms with Crippen LogP contribution in [0.3, 0.4) is 0 Å². The molecule has 2 heterocycles. The first kappa shape index (κ1) is 13.3. The molecule has 0 spiro atoms. The van der Waals surface area contributed by atoms with Crippen LogP contribution in [0, 0.1) is 0 Å². The second-order valence-corrected chi connectivity index (χ2v) is 5.99. The predicted molar refractivity (Wildman–Crippen MR) is 84.2 cm³/mol. The van der Waals surface area contributed by atoms with Crippen molar-refractivity contribution < 1.29 is 4.79 Å². The number of carbonyl (C=O) groups excluding carboxylic acids is 1. The maximum atomic E-state index is 12.5. The van der Waals surface area contributed by atoms with Crippen molar-refractivity contribution in [3.05, 3.63) is 40.7 Å². The largest absolute Gasteiger partial charge is 0.313 e. The van der Waals surface area contributed by atoms with Gasteiger partial charge in [-0.1, -0.05) is 11.6 Å². The summed E-state index contributed by atoms with van der Waals surface area (Å²) in [5.41, 5.74) is 3.17. The summed E-state index contributed by atoms with van der Waals surface area (Å²) < 4.78 is 1.83. The fourth-order valence-corrected chi connectivity index (χ4v) is 2.78. The molecule has 2 aromatic heterocycles. The molecule has 0 unspecified atom stereocenters. The van der Waals surface area contributed by atoms with Gasteiger partial charge in [0, 0.05) is 18.0 Å². The average molecular weight is 316 g/mol. The van der Waals surface area contributed by atoms with Crippen molar-refractivity contribution in [2.75, 3.05) is 5.32 Å². The van der Waals surface area contributed by atoms with Gasteiger partial charge in [0.25, 0.3) is 5.91 Å². The first-order valence-corrected chi connectivity index (χ1v) is 7.48. The van der Waals surface area contributed by atoms with Crippen molar-refractivity contribution >= 4 is 34.5 Å². The molecule has 1 aliphatic carbocycles. The molecule has 2 N–H and O–H groups in total. The summed E-state index contributed by atoms with van der Waals surface area (Å²) >= 11 is 5.98. The van der Waals surface area contributed by atoms with E-state index in [2.05, 4.69) is 20.5 Å². The van der Waals surface area contributed by atoms with E-state index in [4.69, 9.17) is 11.6 Å². The predicted octanol–water partition coefficient (Wildman–Crippen LogP) is 3.08. The van der Waals surface area contributed by atoms with Crippen LogP contribution in [-0.4, -0.2) is 25.7 Å². The highest BCUT2D eigenvalue weighted by atomic mass is 35.5. The van der Waals surface area contributed by atoms with Crippen LogP contribution < -0.4 is 5.32 Å². The summed E-state index contributed by atoms with van der Waals surface area (Å²) in [5.74, 6) is 0.730. The third-order valence-electron chi connectivity index (χ3n) is 3.97. The molecular weight excluding hydrogens is 302 g/mol. The Bertz CT molecular complexity index is 877. The number of nitrogens with zero attached hydrogens (tertiary/aromatic N) is 3. The van der Waals surface area contributed by atoms with Crippen molar-refractivity contribution in [3.63, 3.8) is 0 Å². The lowest BCUT2D eigenvalue weighted by molar-refractivity contribution is 0.102. The Morgan fingerprint density at radius 1 is 1.45 bits per heavy atom. The topological polar surface area (TPSA) is 75.6 Å². The van der Waals surface area contributed by atoms with Crippen LogP contribution in [0.15, 0.2) is 24.4 Å². The van der Waals surface area contributed by atoms with Crippen LogP contribution in [0.1, 0.15) is 34.8 Å². The van der Waals surface area contributed by atoms with Gasteiger partial charge in [-0.2, -0.15) is 5.10 Å². The van der Waals surface area contributed by atoms with E-state index in [9.17, 15) is 4.79 Å². The Hall–Kier alpha value is -2.34. The minimum atomic E-state index is -0.194. The van der Waals surface area contributed by atoms with E-state index in [0.717, 1.165) is 29.6 Å². The number of carbonyl (C=O) groups is 1. The Balaban J connectivity index is 1.66. The van der Waals surface area contributed by atoms with Crippen LogP contribution in [0.25, 0.3) is 11.0 Å². The third-order valence-corrected chi connectivity index (χ3v) is 4.20. The highest BCUT2D eigenvalue weighted by Crippen LogP contribution is 2.40. The lowest BCUT2D eigenvalue weighted by Crippen LogP contribution is -2.16. The van der Waals surface area contributed by atoms with Gasteiger partial charge in [-0.15, -0.1) is 0 Å². The van der Waals surface area contributed by atoms with Crippen molar-refractivity contribution in [3.8, 4) is 0 Å². The fraction of sp³-hybridized carbons (Fsp3) is 0.267. The number of amides is 1. The van der Waals surface area contributed by atoms with Gasteiger partial charge >= 0.3 is 0 Å². The summed E-state index contributed by atoms with van der Waals surface area (Å²) in [6.07, 6.45) is 3.78. The summed E-state index contributed by atoms with van der Waals surface area (Å²) in [7, 11) is 1.86.